The molecular weight excluding hydrogens is 639 g/mol. The van der Waals surface area contributed by atoms with Gasteiger partial charge in [-0.2, -0.15) is 0 Å². The number of fused-ring (bicyclic) bond motifs is 13. The fraction of sp³-hybridized carbons (Fsp3) is 0.200. The van der Waals surface area contributed by atoms with Crippen molar-refractivity contribution in [1.29, 1.82) is 0 Å². The SMILES string of the molecule is CC(C)(C)c1cc(N2c3cc4c5ccccc5c5ccccc5c4cc3B3C4C(=CC=CC42)c2cccc4c5ccccc5n3c24)cc(C(C)(C)C)c1. The first-order valence-electron chi connectivity index (χ1n) is 19.3. The number of aromatic nitrogens is 1. The van der Waals surface area contributed by atoms with Crippen molar-refractivity contribution in [2.24, 2.45) is 0 Å². The summed E-state index contributed by atoms with van der Waals surface area (Å²) in [6.07, 6.45) is 7.25. The van der Waals surface area contributed by atoms with Crippen molar-refractivity contribution in [3.63, 3.8) is 0 Å². The second-order valence-corrected chi connectivity index (χ2v) is 17.7. The Labute approximate surface area is 312 Å². The number of benzene rings is 7. The standard InChI is InChI=1S/C50H43BN2/c1-49(2,3)30-25-31(50(4,5)6)27-32(26-30)52-45-24-14-20-38-40-22-13-21-39-37-19-11-12-23-44(37)53(48(39)40)51(47(38)45)43-28-41-35-17-9-7-15-33(35)34-16-8-10-18-36(34)42(41)29-46(43)52/h7-29,45,47H,1-6H3. The van der Waals surface area contributed by atoms with Gasteiger partial charge in [-0.1, -0.05) is 157 Å². The predicted molar refractivity (Wildman–Crippen MR) is 230 cm³/mol. The molecule has 2 atom stereocenters. The van der Waals surface area contributed by atoms with E-state index < -0.39 is 0 Å². The van der Waals surface area contributed by atoms with Crippen molar-refractivity contribution >= 4 is 83.4 Å². The van der Waals surface area contributed by atoms with Gasteiger partial charge < -0.3 is 9.38 Å². The molecule has 0 amide bonds. The van der Waals surface area contributed by atoms with Crippen LogP contribution in [0.5, 0.6) is 0 Å². The van der Waals surface area contributed by atoms with Crippen molar-refractivity contribution in [2.45, 2.75) is 64.2 Å². The first kappa shape index (κ1) is 31.0. The van der Waals surface area contributed by atoms with Gasteiger partial charge in [-0.05, 0) is 89.6 Å². The molecule has 8 aromatic rings. The molecular formula is C50H43BN2. The maximum atomic E-state index is 2.73. The molecule has 0 N–H and O–H groups in total. The van der Waals surface area contributed by atoms with Gasteiger partial charge in [0.05, 0.1) is 6.04 Å². The summed E-state index contributed by atoms with van der Waals surface area (Å²) in [5.74, 6) is 0.224. The summed E-state index contributed by atoms with van der Waals surface area (Å²) in [6.45, 7) is 14.2. The summed E-state index contributed by atoms with van der Waals surface area (Å²) in [6, 6.07) is 46.8. The maximum absolute atomic E-state index is 2.73. The number of hydrogen-bond donors (Lipinski definition) is 0. The highest BCUT2D eigenvalue weighted by molar-refractivity contribution is 6.80. The Kier molecular flexibility index (Phi) is 6.17. The Bertz CT molecular complexity index is 2910. The average Bonchev–Trinajstić information content (AvgIpc) is 3.50. The molecule has 2 unspecified atom stereocenters. The van der Waals surface area contributed by atoms with Crippen LogP contribution >= 0.6 is 0 Å². The Hall–Kier alpha value is -5.54. The molecule has 1 aliphatic carbocycles. The molecule has 0 fully saturated rings. The number of nitrogens with zero attached hydrogens (tertiary/aromatic N) is 2. The summed E-state index contributed by atoms with van der Waals surface area (Å²) < 4.78 is 2.73. The second kappa shape index (κ2) is 10.5. The highest BCUT2D eigenvalue weighted by Crippen LogP contribution is 2.54. The summed E-state index contributed by atoms with van der Waals surface area (Å²) in [5.41, 5.74) is 12.3. The fourth-order valence-corrected chi connectivity index (χ4v) is 10.1. The predicted octanol–water partition coefficient (Wildman–Crippen LogP) is 12.5. The third-order valence-electron chi connectivity index (χ3n) is 12.7. The number of hydrogen-bond acceptors (Lipinski definition) is 1. The molecule has 3 heterocycles. The monoisotopic (exact) mass is 682 g/mol. The van der Waals surface area contributed by atoms with Gasteiger partial charge in [-0.25, -0.2) is 0 Å². The van der Waals surface area contributed by atoms with Gasteiger partial charge in [0.25, 0.3) is 0 Å². The van der Waals surface area contributed by atoms with Gasteiger partial charge >= 0.3 is 6.85 Å². The van der Waals surface area contributed by atoms with E-state index in [4.69, 9.17) is 0 Å². The zero-order valence-corrected chi connectivity index (χ0v) is 31.4. The topological polar surface area (TPSA) is 8.17 Å². The van der Waals surface area contributed by atoms with E-state index in [1.807, 2.05) is 0 Å². The molecule has 0 saturated carbocycles. The van der Waals surface area contributed by atoms with E-state index in [1.165, 1.54) is 93.2 Å². The van der Waals surface area contributed by atoms with Crippen LogP contribution in [0, 0.1) is 0 Å². The largest absolute Gasteiger partial charge is 0.379 e. The summed E-state index contributed by atoms with van der Waals surface area (Å²) in [4.78, 5) is 2.73. The molecule has 1 aromatic heterocycles. The van der Waals surface area contributed by atoms with E-state index in [2.05, 4.69) is 190 Å². The van der Waals surface area contributed by atoms with Crippen LogP contribution in [-0.2, 0) is 10.8 Å². The number of rotatable bonds is 1. The van der Waals surface area contributed by atoms with Crippen molar-refractivity contribution in [1.82, 2.24) is 4.48 Å². The lowest BCUT2D eigenvalue weighted by atomic mass is 9.38. The molecule has 7 aromatic carbocycles. The maximum Gasteiger partial charge on any atom is 0.306 e. The minimum atomic E-state index is 0.00255. The summed E-state index contributed by atoms with van der Waals surface area (Å²) in [7, 11) is 0. The van der Waals surface area contributed by atoms with E-state index in [0.29, 0.717) is 0 Å². The third kappa shape index (κ3) is 4.22. The minimum Gasteiger partial charge on any atom is -0.379 e. The average molecular weight is 683 g/mol. The Balaban J connectivity index is 1.32. The highest BCUT2D eigenvalue weighted by Gasteiger charge is 2.51. The van der Waals surface area contributed by atoms with Crippen molar-refractivity contribution < 1.29 is 0 Å². The molecule has 0 saturated heterocycles. The van der Waals surface area contributed by atoms with E-state index in [9.17, 15) is 0 Å². The molecule has 11 rings (SSSR count). The van der Waals surface area contributed by atoms with Crippen LogP contribution < -0.4 is 10.4 Å². The van der Waals surface area contributed by atoms with Gasteiger partial charge in [0.1, 0.15) is 0 Å². The molecule has 0 bridgehead atoms. The van der Waals surface area contributed by atoms with Crippen molar-refractivity contribution in [3.05, 3.63) is 156 Å². The first-order valence-corrected chi connectivity index (χ1v) is 19.3. The second-order valence-electron chi connectivity index (χ2n) is 17.7. The molecule has 3 aliphatic rings. The smallest absolute Gasteiger partial charge is 0.306 e. The zero-order chi connectivity index (χ0) is 36.0. The van der Waals surface area contributed by atoms with Gasteiger partial charge in [0.2, 0.25) is 0 Å². The molecule has 256 valence electrons. The molecule has 2 nitrogen and oxygen atoms in total. The Morgan fingerprint density at radius 1 is 0.547 bits per heavy atom. The van der Waals surface area contributed by atoms with Crippen LogP contribution in [0.2, 0.25) is 5.82 Å². The molecule has 0 spiro atoms. The Morgan fingerprint density at radius 3 is 1.75 bits per heavy atom. The molecule has 0 radical (unpaired) electrons. The van der Waals surface area contributed by atoms with Crippen LogP contribution in [0.4, 0.5) is 11.4 Å². The van der Waals surface area contributed by atoms with Crippen LogP contribution in [0.3, 0.4) is 0 Å². The van der Waals surface area contributed by atoms with Gasteiger partial charge in [0, 0.05) is 44.6 Å². The quantitative estimate of drug-likeness (QED) is 0.124. The van der Waals surface area contributed by atoms with Crippen molar-refractivity contribution in [3.8, 4) is 0 Å². The van der Waals surface area contributed by atoms with E-state index in [1.54, 1.807) is 0 Å². The molecule has 2 aliphatic heterocycles. The lowest BCUT2D eigenvalue weighted by Gasteiger charge is -2.50. The highest BCUT2D eigenvalue weighted by atomic mass is 15.2. The first-order chi connectivity index (χ1) is 25.6. The van der Waals surface area contributed by atoms with Gasteiger partial charge in [-0.15, -0.1) is 0 Å². The minimum absolute atomic E-state index is 0.00255. The molecule has 3 heteroatoms. The number of allylic oxidation sites excluding steroid dienone is 2. The summed E-state index contributed by atoms with van der Waals surface area (Å²) in [5, 5.41) is 10.6. The van der Waals surface area contributed by atoms with Crippen molar-refractivity contribution in [2.75, 3.05) is 4.90 Å². The summed E-state index contributed by atoms with van der Waals surface area (Å²) >= 11 is 0. The van der Waals surface area contributed by atoms with Gasteiger partial charge in [0.15, 0.2) is 0 Å². The fourth-order valence-electron chi connectivity index (χ4n) is 10.1. The van der Waals surface area contributed by atoms with E-state index >= 15 is 0 Å². The van der Waals surface area contributed by atoms with E-state index in [-0.39, 0.29) is 29.5 Å². The Morgan fingerprint density at radius 2 is 1.11 bits per heavy atom. The van der Waals surface area contributed by atoms with E-state index in [0.717, 1.165) is 0 Å². The van der Waals surface area contributed by atoms with Gasteiger partial charge in [-0.3, -0.25) is 0 Å². The zero-order valence-electron chi connectivity index (χ0n) is 31.4. The lowest BCUT2D eigenvalue weighted by Crippen LogP contribution is -2.58. The van der Waals surface area contributed by atoms with Crippen LogP contribution in [0.25, 0.3) is 59.7 Å². The number of anilines is 2. The normalized spacial score (nSPS) is 18.0. The van der Waals surface area contributed by atoms with Crippen LogP contribution in [0.1, 0.15) is 58.2 Å². The third-order valence-corrected chi connectivity index (χ3v) is 12.7. The number of para-hydroxylation sites is 2. The van der Waals surface area contributed by atoms with Crippen LogP contribution in [-0.4, -0.2) is 17.4 Å². The van der Waals surface area contributed by atoms with Crippen LogP contribution in [0.15, 0.2) is 140 Å². The lowest BCUT2D eigenvalue weighted by molar-refractivity contribution is 0.568. The molecule has 53 heavy (non-hydrogen) atoms.